The summed E-state index contributed by atoms with van der Waals surface area (Å²) in [5.74, 6) is 0.488. The van der Waals surface area contributed by atoms with Crippen LogP contribution < -0.4 is 5.32 Å². The number of hydrogen-bond acceptors (Lipinski definition) is 4. The molecule has 16 heavy (non-hydrogen) atoms. The zero-order chi connectivity index (χ0) is 11.4. The minimum Gasteiger partial charge on any atom is -0.312 e. The van der Waals surface area contributed by atoms with Crippen molar-refractivity contribution in [3.63, 3.8) is 0 Å². The molecule has 0 fully saturated rings. The third kappa shape index (κ3) is 3.38. The lowest BCUT2D eigenvalue weighted by atomic mass is 10.2. The molecule has 0 saturated carbocycles. The molecule has 0 aliphatic rings. The Morgan fingerprint density at radius 2 is 2.38 bits per heavy atom. The van der Waals surface area contributed by atoms with Gasteiger partial charge in [0.05, 0.1) is 8.79 Å². The Bertz CT molecular complexity index is 425. The molecule has 2 aromatic heterocycles. The standard InChI is InChI=1S/C11H13BrN2S2/c1-8(11-14-2-3-15-11)5-13-6-9-4-10(12)16-7-9/h2-4,7-8,13H,5-6H2,1H3. The van der Waals surface area contributed by atoms with E-state index in [2.05, 4.69) is 44.6 Å². The second-order valence-corrected chi connectivity index (χ2v) is 6.88. The fraction of sp³-hybridized carbons (Fsp3) is 0.364. The first kappa shape index (κ1) is 12.2. The average molecular weight is 317 g/mol. The molecule has 0 spiro atoms. The van der Waals surface area contributed by atoms with Crippen molar-refractivity contribution < 1.29 is 0 Å². The maximum Gasteiger partial charge on any atom is 0.0965 e. The summed E-state index contributed by atoms with van der Waals surface area (Å²) in [6.45, 7) is 4.11. The van der Waals surface area contributed by atoms with Gasteiger partial charge >= 0.3 is 0 Å². The van der Waals surface area contributed by atoms with Gasteiger partial charge in [-0.05, 0) is 32.9 Å². The van der Waals surface area contributed by atoms with E-state index in [0.717, 1.165) is 13.1 Å². The monoisotopic (exact) mass is 316 g/mol. The normalized spacial score (nSPS) is 12.9. The van der Waals surface area contributed by atoms with E-state index in [1.165, 1.54) is 14.4 Å². The van der Waals surface area contributed by atoms with Gasteiger partial charge in [-0.2, -0.15) is 0 Å². The number of thiophene rings is 1. The lowest BCUT2D eigenvalue weighted by Crippen LogP contribution is -2.19. The van der Waals surface area contributed by atoms with E-state index in [9.17, 15) is 0 Å². The van der Waals surface area contributed by atoms with Gasteiger partial charge in [-0.25, -0.2) is 4.98 Å². The summed E-state index contributed by atoms with van der Waals surface area (Å²) < 4.78 is 1.19. The summed E-state index contributed by atoms with van der Waals surface area (Å²) in [7, 11) is 0. The Hall–Kier alpha value is -0.230. The van der Waals surface area contributed by atoms with Crippen LogP contribution in [0.5, 0.6) is 0 Å². The highest BCUT2D eigenvalue weighted by atomic mass is 79.9. The van der Waals surface area contributed by atoms with E-state index in [4.69, 9.17) is 0 Å². The molecule has 0 radical (unpaired) electrons. The van der Waals surface area contributed by atoms with E-state index in [-0.39, 0.29) is 0 Å². The van der Waals surface area contributed by atoms with Gasteiger partial charge in [0.15, 0.2) is 0 Å². The van der Waals surface area contributed by atoms with Crippen molar-refractivity contribution in [2.75, 3.05) is 6.54 Å². The first-order valence-electron chi connectivity index (χ1n) is 5.08. The van der Waals surface area contributed by atoms with Crippen molar-refractivity contribution >= 4 is 38.6 Å². The maximum atomic E-state index is 4.32. The molecule has 0 saturated heterocycles. The molecule has 5 heteroatoms. The molecule has 1 unspecified atom stereocenters. The van der Waals surface area contributed by atoms with Gasteiger partial charge in [-0.3, -0.25) is 0 Å². The fourth-order valence-corrected chi connectivity index (χ4v) is 3.34. The van der Waals surface area contributed by atoms with Gasteiger partial charge < -0.3 is 5.32 Å². The molecule has 2 rings (SSSR count). The number of aromatic nitrogens is 1. The highest BCUT2D eigenvalue weighted by Gasteiger charge is 2.07. The molecule has 2 heterocycles. The summed E-state index contributed by atoms with van der Waals surface area (Å²) in [4.78, 5) is 4.32. The Morgan fingerprint density at radius 3 is 3.00 bits per heavy atom. The zero-order valence-electron chi connectivity index (χ0n) is 8.94. The Kier molecular flexibility index (Phi) is 4.52. The lowest BCUT2D eigenvalue weighted by molar-refractivity contribution is 0.613. The van der Waals surface area contributed by atoms with Gasteiger partial charge in [0.2, 0.25) is 0 Å². The number of nitrogens with zero attached hydrogens (tertiary/aromatic N) is 1. The highest BCUT2D eigenvalue weighted by molar-refractivity contribution is 9.11. The maximum absolute atomic E-state index is 4.32. The van der Waals surface area contributed by atoms with Crippen LogP contribution in [0.25, 0.3) is 0 Å². The molecule has 1 atom stereocenters. The lowest BCUT2D eigenvalue weighted by Gasteiger charge is -2.08. The summed E-state index contributed by atoms with van der Waals surface area (Å²) in [6.07, 6.45) is 1.87. The van der Waals surface area contributed by atoms with Gasteiger partial charge in [0.1, 0.15) is 0 Å². The molecule has 86 valence electrons. The zero-order valence-corrected chi connectivity index (χ0v) is 12.2. The van der Waals surface area contributed by atoms with Crippen LogP contribution in [0, 0.1) is 0 Å². The van der Waals surface area contributed by atoms with Crippen LogP contribution >= 0.6 is 38.6 Å². The predicted molar refractivity (Wildman–Crippen MR) is 74.3 cm³/mol. The largest absolute Gasteiger partial charge is 0.312 e. The minimum absolute atomic E-state index is 0.488. The topological polar surface area (TPSA) is 24.9 Å². The van der Waals surface area contributed by atoms with Crippen molar-refractivity contribution in [1.29, 1.82) is 0 Å². The number of rotatable bonds is 5. The number of hydrogen-bond donors (Lipinski definition) is 1. The summed E-state index contributed by atoms with van der Waals surface area (Å²) in [6, 6.07) is 2.16. The summed E-state index contributed by atoms with van der Waals surface area (Å²) in [5, 5.41) is 8.86. The Balaban J connectivity index is 1.76. The molecule has 0 bridgehead atoms. The van der Waals surface area contributed by atoms with Crippen LogP contribution in [0.4, 0.5) is 0 Å². The SMILES string of the molecule is CC(CNCc1csc(Br)c1)c1nccs1. The van der Waals surface area contributed by atoms with E-state index in [0.29, 0.717) is 5.92 Å². The van der Waals surface area contributed by atoms with Gasteiger partial charge in [0.25, 0.3) is 0 Å². The average Bonchev–Trinajstić information content (AvgIpc) is 2.89. The smallest absolute Gasteiger partial charge is 0.0965 e. The number of nitrogens with one attached hydrogen (secondary N) is 1. The molecule has 2 aromatic rings. The van der Waals surface area contributed by atoms with E-state index >= 15 is 0 Å². The molecule has 0 aliphatic heterocycles. The van der Waals surface area contributed by atoms with Crippen molar-refractivity contribution in [3.05, 3.63) is 37.4 Å². The minimum atomic E-state index is 0.488. The van der Waals surface area contributed by atoms with E-state index in [1.807, 2.05) is 11.6 Å². The predicted octanol–water partition coefficient (Wildman–Crippen LogP) is 3.86. The Morgan fingerprint density at radius 1 is 1.50 bits per heavy atom. The third-order valence-electron chi connectivity index (χ3n) is 2.27. The van der Waals surface area contributed by atoms with Crippen LogP contribution in [-0.2, 0) is 6.54 Å². The second kappa shape index (κ2) is 5.91. The van der Waals surface area contributed by atoms with Crippen LogP contribution in [-0.4, -0.2) is 11.5 Å². The first-order chi connectivity index (χ1) is 7.75. The third-order valence-corrected chi connectivity index (χ3v) is 4.83. The summed E-state index contributed by atoms with van der Waals surface area (Å²) >= 11 is 6.92. The van der Waals surface area contributed by atoms with Gasteiger partial charge in [-0.15, -0.1) is 22.7 Å². The van der Waals surface area contributed by atoms with Crippen molar-refractivity contribution in [3.8, 4) is 0 Å². The fourth-order valence-electron chi connectivity index (χ4n) is 1.44. The highest BCUT2D eigenvalue weighted by Crippen LogP contribution is 2.21. The van der Waals surface area contributed by atoms with E-state index < -0.39 is 0 Å². The second-order valence-electron chi connectivity index (χ2n) is 3.66. The molecular weight excluding hydrogens is 304 g/mol. The van der Waals surface area contributed by atoms with Crippen LogP contribution in [0.2, 0.25) is 0 Å². The molecule has 0 aliphatic carbocycles. The van der Waals surface area contributed by atoms with Crippen molar-refractivity contribution in [2.45, 2.75) is 19.4 Å². The van der Waals surface area contributed by atoms with Crippen molar-refractivity contribution in [1.82, 2.24) is 10.3 Å². The summed E-state index contributed by atoms with van der Waals surface area (Å²) in [5.41, 5.74) is 1.34. The van der Waals surface area contributed by atoms with Gasteiger partial charge in [-0.1, -0.05) is 6.92 Å². The van der Waals surface area contributed by atoms with Crippen LogP contribution in [0.15, 0.2) is 26.8 Å². The van der Waals surface area contributed by atoms with Crippen LogP contribution in [0.3, 0.4) is 0 Å². The van der Waals surface area contributed by atoms with E-state index in [1.54, 1.807) is 22.7 Å². The quantitative estimate of drug-likeness (QED) is 0.906. The Labute approximate surface area is 112 Å². The van der Waals surface area contributed by atoms with Crippen molar-refractivity contribution in [2.24, 2.45) is 0 Å². The molecule has 0 amide bonds. The number of thiazole rings is 1. The molecule has 2 nitrogen and oxygen atoms in total. The van der Waals surface area contributed by atoms with Gasteiger partial charge in [0, 0.05) is 30.6 Å². The first-order valence-corrected chi connectivity index (χ1v) is 7.64. The van der Waals surface area contributed by atoms with Crippen LogP contribution in [0.1, 0.15) is 23.4 Å². The molecule has 0 aromatic carbocycles. The molecular formula is C11H13BrN2S2. The molecule has 1 N–H and O–H groups in total. The number of halogens is 1.